The smallest absolute Gasteiger partial charge is 0.334 e. The van der Waals surface area contributed by atoms with Crippen molar-refractivity contribution in [2.75, 3.05) is 6.61 Å². The molecule has 7 heteroatoms. The molecular weight excluding hydrogens is 372 g/mol. The summed E-state index contributed by atoms with van der Waals surface area (Å²) in [7, 11) is 0. The van der Waals surface area contributed by atoms with E-state index >= 15 is 0 Å². The van der Waals surface area contributed by atoms with Crippen molar-refractivity contribution in [3.8, 4) is 0 Å². The van der Waals surface area contributed by atoms with Crippen molar-refractivity contribution < 1.29 is 29.2 Å². The fourth-order valence-electron chi connectivity index (χ4n) is 7.24. The summed E-state index contributed by atoms with van der Waals surface area (Å²) < 4.78 is 17.9. The van der Waals surface area contributed by atoms with Crippen LogP contribution < -0.4 is 0 Å². The van der Waals surface area contributed by atoms with E-state index in [-0.39, 0.29) is 35.4 Å². The second-order valence-corrected chi connectivity index (χ2v) is 10.3. The first-order valence-electron chi connectivity index (χ1n) is 9.95. The third-order valence-corrected chi connectivity index (χ3v) is 9.43. The highest BCUT2D eigenvalue weighted by molar-refractivity contribution is 6.22. The lowest BCUT2D eigenvalue weighted by Gasteiger charge is -2.56. The zero-order valence-electron chi connectivity index (χ0n) is 15.7. The van der Waals surface area contributed by atoms with Gasteiger partial charge in [-0.1, -0.05) is 20.8 Å². The van der Waals surface area contributed by atoms with Crippen LogP contribution in [-0.4, -0.2) is 63.3 Å². The van der Waals surface area contributed by atoms with Gasteiger partial charge in [0.1, 0.15) is 30.0 Å². The molecule has 9 atom stereocenters. The van der Waals surface area contributed by atoms with Crippen LogP contribution in [0.2, 0.25) is 0 Å². The Morgan fingerprint density at radius 1 is 1.30 bits per heavy atom. The second kappa shape index (κ2) is 4.57. The number of ether oxygens (including phenoxy) is 3. The van der Waals surface area contributed by atoms with Gasteiger partial charge >= 0.3 is 5.97 Å². The Morgan fingerprint density at radius 3 is 2.74 bits per heavy atom. The van der Waals surface area contributed by atoms with Gasteiger partial charge in [-0.2, -0.15) is 0 Å². The van der Waals surface area contributed by atoms with E-state index in [9.17, 15) is 15.0 Å². The number of cyclic esters (lactones) is 1. The molecule has 2 spiro atoms. The number of aliphatic hydroxyl groups is 2. The maximum atomic E-state index is 12.1. The van der Waals surface area contributed by atoms with Gasteiger partial charge in [-0.15, -0.1) is 11.6 Å². The van der Waals surface area contributed by atoms with Crippen LogP contribution in [0.5, 0.6) is 0 Å². The molecule has 6 nitrogen and oxygen atoms in total. The minimum atomic E-state index is -1.46. The number of carbonyl (C=O) groups is 1. The van der Waals surface area contributed by atoms with Crippen LogP contribution >= 0.6 is 11.6 Å². The Balaban J connectivity index is 1.50. The Bertz CT molecular complexity index is 810. The molecule has 0 amide bonds. The molecule has 0 aromatic rings. The summed E-state index contributed by atoms with van der Waals surface area (Å²) in [4.78, 5) is 12.1. The van der Waals surface area contributed by atoms with Crippen LogP contribution in [-0.2, 0) is 19.0 Å². The van der Waals surface area contributed by atoms with Crippen molar-refractivity contribution in [2.24, 2.45) is 17.3 Å². The van der Waals surface area contributed by atoms with E-state index in [0.29, 0.717) is 19.4 Å². The quantitative estimate of drug-likeness (QED) is 0.394. The van der Waals surface area contributed by atoms with Crippen molar-refractivity contribution in [1.29, 1.82) is 0 Å². The molecule has 2 saturated heterocycles. The number of aliphatic hydroxyl groups excluding tert-OH is 1. The van der Waals surface area contributed by atoms with Crippen LogP contribution in [0.25, 0.3) is 0 Å². The normalized spacial score (nSPS) is 60.1. The molecule has 148 valence electrons. The summed E-state index contributed by atoms with van der Waals surface area (Å²) >= 11 is 6.75. The van der Waals surface area contributed by atoms with Gasteiger partial charge in [0.2, 0.25) is 0 Å². The molecule has 4 fully saturated rings. The van der Waals surface area contributed by atoms with Gasteiger partial charge in [0.15, 0.2) is 5.60 Å². The van der Waals surface area contributed by atoms with Gasteiger partial charge in [0.05, 0.1) is 11.5 Å². The molecule has 6 rings (SSSR count). The molecule has 6 aliphatic rings. The lowest BCUT2D eigenvalue weighted by Crippen LogP contribution is -2.75. The number of esters is 1. The highest BCUT2D eigenvalue weighted by atomic mass is 35.5. The van der Waals surface area contributed by atoms with Crippen LogP contribution in [0.15, 0.2) is 11.1 Å². The van der Waals surface area contributed by atoms with E-state index in [2.05, 4.69) is 6.92 Å². The first-order chi connectivity index (χ1) is 12.7. The fourth-order valence-corrected chi connectivity index (χ4v) is 7.85. The van der Waals surface area contributed by atoms with E-state index in [1.807, 2.05) is 13.8 Å². The molecule has 0 radical (unpaired) electrons. The fraction of sp³-hybridized carbons (Fsp3) is 0.850. The summed E-state index contributed by atoms with van der Waals surface area (Å²) in [6.07, 6.45) is 0.446. The van der Waals surface area contributed by atoms with Gasteiger partial charge in [0, 0.05) is 11.0 Å². The number of epoxide rings is 2. The van der Waals surface area contributed by atoms with E-state index < -0.39 is 28.3 Å². The van der Waals surface area contributed by atoms with Gasteiger partial charge < -0.3 is 24.4 Å². The maximum Gasteiger partial charge on any atom is 0.334 e. The standard InChI is InChI=1S/C20H25ClO6/c1-8(2)18(24)13(21)14-20(27-14)17(3)5-4-9-10(7-25-15(9)22)11(17)6-12-19(20,26-12)16(18)23/h8,11-14,16,23-24H,4-7H2,1-3H3/t11-,12-,13-,14-,16+,17-,18-,19+,20+/m0/s1. The van der Waals surface area contributed by atoms with Crippen molar-refractivity contribution in [3.63, 3.8) is 0 Å². The van der Waals surface area contributed by atoms with Crippen LogP contribution in [0.3, 0.4) is 0 Å². The maximum absolute atomic E-state index is 12.1. The first kappa shape index (κ1) is 17.2. The SMILES string of the molecule is CC(C)[C@@]1(O)[C@@H](O)[C@]23O[C@H]2C[C@H]2C4=C(CC[C@]2(C)[C@@]32O[C@H]2[C@@H]1Cl)C(=O)OC4. The van der Waals surface area contributed by atoms with Gasteiger partial charge in [-0.3, -0.25) is 0 Å². The summed E-state index contributed by atoms with van der Waals surface area (Å²) in [6, 6.07) is 0. The molecule has 3 aliphatic carbocycles. The number of fused-ring (bicyclic) bond motifs is 2. The summed E-state index contributed by atoms with van der Waals surface area (Å²) in [5.41, 5.74) is -1.51. The summed E-state index contributed by atoms with van der Waals surface area (Å²) in [6.45, 7) is 6.26. The van der Waals surface area contributed by atoms with Crippen LogP contribution in [0, 0.1) is 17.3 Å². The summed E-state index contributed by atoms with van der Waals surface area (Å²) in [5.74, 6) is -0.317. The minimum absolute atomic E-state index is 0.111. The number of alkyl halides is 1. The van der Waals surface area contributed by atoms with E-state index in [0.717, 1.165) is 17.6 Å². The second-order valence-electron chi connectivity index (χ2n) is 9.81. The average molecular weight is 397 g/mol. The minimum Gasteiger partial charge on any atom is -0.458 e. The zero-order valence-corrected chi connectivity index (χ0v) is 16.5. The third-order valence-electron chi connectivity index (χ3n) is 8.85. The highest BCUT2D eigenvalue weighted by Gasteiger charge is 2.96. The first-order valence-corrected chi connectivity index (χ1v) is 10.4. The zero-order chi connectivity index (χ0) is 19.1. The lowest BCUT2D eigenvalue weighted by atomic mass is 9.46. The Morgan fingerprint density at radius 2 is 2.04 bits per heavy atom. The molecule has 27 heavy (non-hydrogen) atoms. The number of rotatable bonds is 1. The Hall–Kier alpha value is -0.660. The monoisotopic (exact) mass is 396 g/mol. The molecule has 3 heterocycles. The van der Waals surface area contributed by atoms with Crippen molar-refractivity contribution >= 4 is 17.6 Å². The average Bonchev–Trinajstić information content (AvgIpc) is 3.50. The molecule has 0 unspecified atom stereocenters. The molecular formula is C20H25ClO6. The molecule has 0 bridgehead atoms. The highest BCUT2D eigenvalue weighted by Crippen LogP contribution is 2.80. The largest absolute Gasteiger partial charge is 0.458 e. The predicted octanol–water partition coefficient (Wildman–Crippen LogP) is 1.30. The van der Waals surface area contributed by atoms with Gasteiger partial charge in [-0.25, -0.2) is 4.79 Å². The van der Waals surface area contributed by atoms with E-state index in [1.54, 1.807) is 0 Å². The van der Waals surface area contributed by atoms with Crippen molar-refractivity contribution in [3.05, 3.63) is 11.1 Å². The van der Waals surface area contributed by atoms with Crippen molar-refractivity contribution in [2.45, 2.75) is 80.5 Å². The van der Waals surface area contributed by atoms with Gasteiger partial charge in [-0.05, 0) is 36.7 Å². The summed E-state index contributed by atoms with van der Waals surface area (Å²) in [5, 5.41) is 22.0. The molecule has 2 N–H and O–H groups in total. The molecule has 2 saturated carbocycles. The van der Waals surface area contributed by atoms with E-state index in [1.165, 1.54) is 0 Å². The van der Waals surface area contributed by atoms with E-state index in [4.69, 9.17) is 25.8 Å². The number of carbonyl (C=O) groups excluding carboxylic acids is 1. The molecule has 3 aliphatic heterocycles. The third kappa shape index (κ3) is 1.49. The Kier molecular flexibility index (Phi) is 2.91. The number of hydrogen-bond acceptors (Lipinski definition) is 6. The van der Waals surface area contributed by atoms with Crippen LogP contribution in [0.1, 0.15) is 40.0 Å². The number of halogens is 1. The Labute approximate surface area is 162 Å². The topological polar surface area (TPSA) is 91.8 Å². The van der Waals surface area contributed by atoms with Crippen molar-refractivity contribution in [1.82, 2.24) is 0 Å². The van der Waals surface area contributed by atoms with Crippen LogP contribution in [0.4, 0.5) is 0 Å². The molecule has 0 aromatic heterocycles. The predicted molar refractivity (Wildman–Crippen MR) is 94.1 cm³/mol. The molecule has 0 aromatic carbocycles. The lowest BCUT2D eigenvalue weighted by molar-refractivity contribution is -0.177. The number of hydrogen-bond donors (Lipinski definition) is 2. The van der Waals surface area contributed by atoms with Gasteiger partial charge in [0.25, 0.3) is 0 Å².